The molecule has 0 fully saturated rings. The molecule has 0 rings (SSSR count). The van der Waals surface area contributed by atoms with Gasteiger partial charge in [0, 0.05) is 6.04 Å². The minimum Gasteiger partial charge on any atom is -0.361 e. The minimum absolute atomic E-state index is 0.0405. The Hall–Kier alpha value is -0.810. The summed E-state index contributed by atoms with van der Waals surface area (Å²) in [6, 6.07) is -0.427. The number of carbonyl (C=O) groups excluding carboxylic acids is 1. The molecule has 0 aliphatic heterocycles. The Balaban J connectivity index is 3.44. The molecular weight excluding hydrogens is 134 g/mol. The lowest BCUT2D eigenvalue weighted by molar-refractivity contribution is 0.146. The Labute approximate surface area is 59.6 Å². The van der Waals surface area contributed by atoms with Crippen LogP contribution >= 0.6 is 0 Å². The first kappa shape index (κ1) is 9.19. The Morgan fingerprint density at radius 1 is 1.50 bits per heavy atom. The summed E-state index contributed by atoms with van der Waals surface area (Å²) in [5.41, 5.74) is 4.85. The molecule has 2 amide bonds. The maximum absolute atomic E-state index is 10.6. The van der Waals surface area contributed by atoms with Gasteiger partial charge in [0.2, 0.25) is 0 Å². The highest BCUT2D eigenvalue weighted by Gasteiger charge is 2.03. The van der Waals surface area contributed by atoms with Gasteiger partial charge in [0.25, 0.3) is 0 Å². The van der Waals surface area contributed by atoms with Gasteiger partial charge in [-0.1, -0.05) is 0 Å². The van der Waals surface area contributed by atoms with Gasteiger partial charge in [-0.15, -0.1) is 0 Å². The smallest absolute Gasteiger partial charge is 0.318 e. The van der Waals surface area contributed by atoms with E-state index < -0.39 is 12.4 Å². The molecule has 5 N–H and O–H groups in total. The van der Waals surface area contributed by atoms with Gasteiger partial charge in [0.05, 0.1) is 0 Å². The first-order valence-corrected chi connectivity index (χ1v) is 3.03. The average Bonchev–Trinajstić information content (AvgIpc) is 1.58. The van der Waals surface area contributed by atoms with Crippen molar-refractivity contribution in [3.05, 3.63) is 0 Å². The fourth-order valence-corrected chi connectivity index (χ4v) is 0.438. The van der Waals surface area contributed by atoms with Crippen LogP contribution in [0.15, 0.2) is 0 Å². The number of nitrogens with two attached hydrogens (primary N) is 1. The van der Waals surface area contributed by atoms with E-state index >= 15 is 0 Å². The molecule has 0 saturated carbocycles. The average molecular weight is 147 g/mol. The van der Waals surface area contributed by atoms with Crippen molar-refractivity contribution in [3.63, 3.8) is 0 Å². The lowest BCUT2D eigenvalue weighted by Gasteiger charge is -2.10. The highest BCUT2D eigenvalue weighted by Crippen LogP contribution is 1.75. The molecule has 0 aromatic heterocycles. The van der Waals surface area contributed by atoms with Gasteiger partial charge in [-0.25, -0.2) is 4.79 Å². The van der Waals surface area contributed by atoms with Crippen molar-refractivity contribution in [2.45, 2.75) is 26.2 Å². The van der Waals surface area contributed by atoms with Crippen LogP contribution in [0.1, 0.15) is 13.8 Å². The molecule has 0 spiro atoms. The van der Waals surface area contributed by atoms with Crippen molar-refractivity contribution in [1.82, 2.24) is 10.6 Å². The number of amides is 2. The predicted molar refractivity (Wildman–Crippen MR) is 37.0 cm³/mol. The third kappa shape index (κ3) is 5.33. The first-order valence-electron chi connectivity index (χ1n) is 3.03. The van der Waals surface area contributed by atoms with E-state index in [4.69, 9.17) is 10.8 Å². The number of hydrogen-bond donors (Lipinski definition) is 4. The Kier molecular flexibility index (Phi) is 3.75. The summed E-state index contributed by atoms with van der Waals surface area (Å²) in [7, 11) is 0. The molecule has 0 aliphatic carbocycles. The molecular formula is C5H13N3O2. The van der Waals surface area contributed by atoms with Gasteiger partial charge in [0.1, 0.15) is 0 Å². The maximum Gasteiger partial charge on any atom is 0.318 e. The second-order valence-corrected chi connectivity index (χ2v) is 2.22. The van der Waals surface area contributed by atoms with Gasteiger partial charge in [-0.05, 0) is 13.8 Å². The minimum atomic E-state index is -1.29. The molecule has 0 aromatic rings. The van der Waals surface area contributed by atoms with Crippen LogP contribution in [0.25, 0.3) is 0 Å². The van der Waals surface area contributed by atoms with Gasteiger partial charge < -0.3 is 15.7 Å². The van der Waals surface area contributed by atoms with Crippen LogP contribution in [0, 0.1) is 0 Å². The third-order valence-electron chi connectivity index (χ3n) is 0.699. The fourth-order valence-electron chi connectivity index (χ4n) is 0.438. The van der Waals surface area contributed by atoms with Crippen LogP contribution in [0.5, 0.6) is 0 Å². The summed E-state index contributed by atoms with van der Waals surface area (Å²) < 4.78 is 0. The summed E-state index contributed by atoms with van der Waals surface area (Å²) in [4.78, 5) is 10.6. The van der Waals surface area contributed by atoms with Crippen molar-refractivity contribution < 1.29 is 9.90 Å². The van der Waals surface area contributed by atoms with Crippen LogP contribution < -0.4 is 16.4 Å². The lowest BCUT2D eigenvalue weighted by Crippen LogP contribution is -2.48. The Bertz CT molecular complexity index is 101. The molecule has 1 unspecified atom stereocenters. The van der Waals surface area contributed by atoms with Gasteiger partial charge in [0.15, 0.2) is 6.35 Å². The maximum atomic E-state index is 10.6. The molecule has 0 aromatic carbocycles. The molecule has 0 bridgehead atoms. The van der Waals surface area contributed by atoms with Crippen molar-refractivity contribution in [2.75, 3.05) is 0 Å². The Morgan fingerprint density at radius 3 is 2.30 bits per heavy atom. The van der Waals surface area contributed by atoms with Crippen LogP contribution in [-0.4, -0.2) is 23.5 Å². The molecule has 0 heterocycles. The number of hydrogen-bond acceptors (Lipinski definition) is 3. The summed E-state index contributed by atoms with van der Waals surface area (Å²) in [6.07, 6.45) is -1.29. The van der Waals surface area contributed by atoms with Gasteiger partial charge in [-0.3, -0.25) is 5.73 Å². The van der Waals surface area contributed by atoms with E-state index in [1.807, 2.05) is 13.8 Å². The summed E-state index contributed by atoms with van der Waals surface area (Å²) >= 11 is 0. The normalized spacial score (nSPS) is 12.9. The number of urea groups is 1. The number of nitrogens with one attached hydrogen (secondary N) is 2. The zero-order chi connectivity index (χ0) is 8.15. The molecule has 1 atom stereocenters. The van der Waals surface area contributed by atoms with Gasteiger partial charge >= 0.3 is 6.03 Å². The Morgan fingerprint density at radius 2 is 2.00 bits per heavy atom. The van der Waals surface area contributed by atoms with E-state index in [-0.39, 0.29) is 6.04 Å². The van der Waals surface area contributed by atoms with E-state index in [1.165, 1.54) is 0 Å². The lowest BCUT2D eigenvalue weighted by atomic mass is 10.4. The predicted octanol–water partition coefficient (Wildman–Crippen LogP) is -1.07. The van der Waals surface area contributed by atoms with Crippen molar-refractivity contribution in [3.8, 4) is 0 Å². The zero-order valence-electron chi connectivity index (χ0n) is 6.09. The molecule has 0 radical (unpaired) electrons. The van der Waals surface area contributed by atoms with E-state index in [0.29, 0.717) is 0 Å². The van der Waals surface area contributed by atoms with E-state index in [0.717, 1.165) is 0 Å². The number of rotatable bonds is 2. The van der Waals surface area contributed by atoms with E-state index in [2.05, 4.69) is 10.6 Å². The van der Waals surface area contributed by atoms with E-state index in [1.54, 1.807) is 0 Å². The third-order valence-corrected chi connectivity index (χ3v) is 0.699. The fraction of sp³-hybridized carbons (Fsp3) is 0.800. The highest BCUT2D eigenvalue weighted by molar-refractivity contribution is 5.74. The molecule has 0 aliphatic rings. The zero-order valence-corrected chi connectivity index (χ0v) is 6.09. The number of carbonyl (C=O) groups is 1. The standard InChI is InChI=1S/C5H13N3O2/c1-3(2)7-5(10)8-4(6)9/h3-4,9H,6H2,1-2H3,(H2,7,8,10). The molecule has 5 heteroatoms. The van der Waals surface area contributed by atoms with Crippen molar-refractivity contribution in [1.29, 1.82) is 0 Å². The largest absolute Gasteiger partial charge is 0.361 e. The van der Waals surface area contributed by atoms with Crippen molar-refractivity contribution in [2.24, 2.45) is 5.73 Å². The second kappa shape index (κ2) is 4.08. The van der Waals surface area contributed by atoms with Crippen LogP contribution in [-0.2, 0) is 0 Å². The first-order chi connectivity index (χ1) is 4.52. The quantitative estimate of drug-likeness (QED) is 0.375. The monoisotopic (exact) mass is 147 g/mol. The number of aliphatic hydroxyl groups excluding tert-OH is 1. The van der Waals surface area contributed by atoms with Crippen LogP contribution in [0.3, 0.4) is 0 Å². The topological polar surface area (TPSA) is 87.4 Å². The van der Waals surface area contributed by atoms with E-state index in [9.17, 15) is 4.79 Å². The SMILES string of the molecule is CC(C)NC(=O)NC(N)O. The summed E-state index contributed by atoms with van der Waals surface area (Å²) in [6.45, 7) is 3.62. The van der Waals surface area contributed by atoms with Crippen LogP contribution in [0.4, 0.5) is 4.79 Å². The highest BCUT2D eigenvalue weighted by atomic mass is 16.3. The molecule has 5 nitrogen and oxygen atoms in total. The van der Waals surface area contributed by atoms with Gasteiger partial charge in [-0.2, -0.15) is 0 Å². The molecule has 0 saturated heterocycles. The molecule has 10 heavy (non-hydrogen) atoms. The molecule has 60 valence electrons. The second-order valence-electron chi connectivity index (χ2n) is 2.22. The number of aliphatic hydroxyl groups is 1. The summed E-state index contributed by atoms with van der Waals surface area (Å²) in [5, 5.41) is 13.0. The van der Waals surface area contributed by atoms with Crippen molar-refractivity contribution >= 4 is 6.03 Å². The summed E-state index contributed by atoms with van der Waals surface area (Å²) in [5.74, 6) is 0. The van der Waals surface area contributed by atoms with Crippen LogP contribution in [0.2, 0.25) is 0 Å².